The van der Waals surface area contributed by atoms with Crippen LogP contribution in [0.25, 0.3) is 0 Å². The number of hydrogen-bond acceptors (Lipinski definition) is 1. The van der Waals surface area contributed by atoms with Crippen molar-refractivity contribution in [3.63, 3.8) is 0 Å². The largest absolute Gasteiger partial charge is 0.381 e. The second kappa shape index (κ2) is 2.58. The van der Waals surface area contributed by atoms with E-state index in [4.69, 9.17) is 4.74 Å². The van der Waals surface area contributed by atoms with Crippen LogP contribution in [0.15, 0.2) is 12.2 Å². The highest BCUT2D eigenvalue weighted by Gasteiger charge is 2.66. The first-order valence-corrected chi connectivity index (χ1v) is 7.13. The maximum Gasteiger partial charge on any atom is 0.0526 e. The molecule has 86 valence electrons. The molecule has 16 heavy (non-hydrogen) atoms. The molecule has 7 unspecified atom stereocenters. The fraction of sp³-hybridized carbons (Fsp3) is 0.867. The lowest BCUT2D eigenvalue weighted by Crippen LogP contribution is -2.39. The third-order valence-electron chi connectivity index (χ3n) is 6.74. The van der Waals surface area contributed by atoms with E-state index in [1.165, 1.54) is 19.3 Å². The third-order valence-corrected chi connectivity index (χ3v) is 6.74. The van der Waals surface area contributed by atoms with E-state index < -0.39 is 0 Å². The second-order valence-electron chi connectivity index (χ2n) is 7.07. The van der Waals surface area contributed by atoms with Gasteiger partial charge in [0.25, 0.3) is 0 Å². The lowest BCUT2D eigenvalue weighted by Gasteiger charge is -2.42. The Labute approximate surface area is 97.2 Å². The minimum Gasteiger partial charge on any atom is -0.381 e. The maximum atomic E-state index is 5.75. The van der Waals surface area contributed by atoms with Crippen molar-refractivity contribution in [2.45, 2.75) is 25.7 Å². The number of rotatable bonds is 0. The summed E-state index contributed by atoms with van der Waals surface area (Å²) in [6.45, 7) is 2.14. The van der Waals surface area contributed by atoms with Gasteiger partial charge in [-0.1, -0.05) is 12.2 Å². The Bertz CT molecular complexity index is 366. The molecule has 0 aromatic heterocycles. The molecular formula is C15H20O. The topological polar surface area (TPSA) is 9.23 Å². The van der Waals surface area contributed by atoms with Gasteiger partial charge >= 0.3 is 0 Å². The number of allylic oxidation sites excluding steroid dienone is 2. The van der Waals surface area contributed by atoms with Crippen LogP contribution >= 0.6 is 0 Å². The van der Waals surface area contributed by atoms with Crippen LogP contribution in [0, 0.1) is 40.9 Å². The number of ether oxygens (including phenoxy) is 1. The predicted octanol–water partition coefficient (Wildman–Crippen LogP) is 2.87. The van der Waals surface area contributed by atoms with Gasteiger partial charge in [0.2, 0.25) is 0 Å². The molecule has 1 heterocycles. The Balaban J connectivity index is 1.58. The van der Waals surface area contributed by atoms with E-state index in [-0.39, 0.29) is 0 Å². The maximum absolute atomic E-state index is 5.75. The molecule has 0 radical (unpaired) electrons. The van der Waals surface area contributed by atoms with Crippen molar-refractivity contribution in [2.24, 2.45) is 40.9 Å². The van der Waals surface area contributed by atoms with E-state index in [9.17, 15) is 0 Å². The van der Waals surface area contributed by atoms with Gasteiger partial charge in [0.05, 0.1) is 6.61 Å². The average molecular weight is 216 g/mol. The molecule has 4 bridgehead atoms. The first-order valence-electron chi connectivity index (χ1n) is 7.13. The Morgan fingerprint density at radius 3 is 2.75 bits per heavy atom. The molecule has 4 fully saturated rings. The van der Waals surface area contributed by atoms with Gasteiger partial charge in [-0.25, -0.2) is 0 Å². The molecule has 3 saturated carbocycles. The van der Waals surface area contributed by atoms with Gasteiger partial charge in [-0.15, -0.1) is 0 Å². The molecule has 5 rings (SSSR count). The second-order valence-corrected chi connectivity index (χ2v) is 7.07. The van der Waals surface area contributed by atoms with Crippen molar-refractivity contribution in [3.8, 4) is 0 Å². The van der Waals surface area contributed by atoms with Crippen molar-refractivity contribution in [3.05, 3.63) is 12.2 Å². The molecule has 5 aliphatic rings. The van der Waals surface area contributed by atoms with E-state index in [2.05, 4.69) is 12.2 Å². The van der Waals surface area contributed by atoms with Crippen molar-refractivity contribution < 1.29 is 4.74 Å². The Hall–Kier alpha value is -0.300. The average Bonchev–Trinajstić information content (AvgIpc) is 3.01. The summed E-state index contributed by atoms with van der Waals surface area (Å²) in [5.41, 5.74) is 0.643. The van der Waals surface area contributed by atoms with Gasteiger partial charge in [-0.2, -0.15) is 0 Å². The molecule has 4 aliphatic carbocycles. The van der Waals surface area contributed by atoms with Crippen LogP contribution in [0.3, 0.4) is 0 Å². The van der Waals surface area contributed by atoms with Gasteiger partial charge in [-0.05, 0) is 66.6 Å². The summed E-state index contributed by atoms with van der Waals surface area (Å²) < 4.78 is 5.75. The summed E-state index contributed by atoms with van der Waals surface area (Å²) in [6.07, 6.45) is 11.0. The molecule has 1 nitrogen and oxygen atoms in total. The quantitative estimate of drug-likeness (QED) is 0.447. The minimum absolute atomic E-state index is 0.643. The summed E-state index contributed by atoms with van der Waals surface area (Å²) >= 11 is 0. The Kier molecular flexibility index (Phi) is 1.41. The molecule has 1 aliphatic heterocycles. The zero-order valence-electron chi connectivity index (χ0n) is 9.77. The monoisotopic (exact) mass is 216 g/mol. The highest BCUT2D eigenvalue weighted by Crippen LogP contribution is 2.71. The first kappa shape index (κ1) is 8.74. The zero-order valence-corrected chi connectivity index (χ0v) is 9.77. The van der Waals surface area contributed by atoms with Gasteiger partial charge in [0.15, 0.2) is 0 Å². The molecule has 0 N–H and O–H groups in total. The standard InChI is InChI=1S/C15H20O/c1-2-10-5-9(1)13-11-6-12(14(10)13)15(7-11)3-4-16-8-15/h1-2,9-14H,3-8H2. The molecule has 1 spiro atoms. The molecular weight excluding hydrogens is 196 g/mol. The highest BCUT2D eigenvalue weighted by molar-refractivity contribution is 5.23. The van der Waals surface area contributed by atoms with Crippen molar-refractivity contribution in [1.29, 1.82) is 0 Å². The fourth-order valence-electron chi connectivity index (χ4n) is 6.40. The lowest BCUT2D eigenvalue weighted by atomic mass is 9.62. The van der Waals surface area contributed by atoms with Gasteiger partial charge in [-0.3, -0.25) is 0 Å². The van der Waals surface area contributed by atoms with Crippen LogP contribution in [0.1, 0.15) is 25.7 Å². The van der Waals surface area contributed by atoms with Gasteiger partial charge < -0.3 is 4.74 Å². The molecule has 0 aromatic rings. The minimum atomic E-state index is 0.643. The van der Waals surface area contributed by atoms with Crippen LogP contribution in [-0.4, -0.2) is 13.2 Å². The summed E-state index contributed by atoms with van der Waals surface area (Å²) in [5, 5.41) is 0. The van der Waals surface area contributed by atoms with E-state index in [1.807, 2.05) is 0 Å². The van der Waals surface area contributed by atoms with Crippen molar-refractivity contribution in [1.82, 2.24) is 0 Å². The van der Waals surface area contributed by atoms with Crippen LogP contribution < -0.4 is 0 Å². The summed E-state index contributed by atoms with van der Waals surface area (Å²) in [4.78, 5) is 0. The summed E-state index contributed by atoms with van der Waals surface area (Å²) in [7, 11) is 0. The lowest BCUT2D eigenvalue weighted by molar-refractivity contribution is 0.0448. The Morgan fingerprint density at radius 1 is 1.06 bits per heavy atom. The molecule has 7 atom stereocenters. The summed E-state index contributed by atoms with van der Waals surface area (Å²) in [5.74, 6) is 6.19. The third kappa shape index (κ3) is 0.796. The number of fused-ring (bicyclic) bond motifs is 10. The fourth-order valence-corrected chi connectivity index (χ4v) is 6.40. The molecule has 0 aromatic carbocycles. The molecule has 1 saturated heterocycles. The first-order chi connectivity index (χ1) is 7.87. The highest BCUT2D eigenvalue weighted by atomic mass is 16.5. The van der Waals surface area contributed by atoms with Crippen molar-refractivity contribution in [2.75, 3.05) is 13.2 Å². The van der Waals surface area contributed by atoms with E-state index in [0.29, 0.717) is 5.41 Å². The molecule has 0 amide bonds. The van der Waals surface area contributed by atoms with E-state index in [0.717, 1.165) is 48.7 Å². The van der Waals surface area contributed by atoms with Crippen LogP contribution in [0.4, 0.5) is 0 Å². The smallest absolute Gasteiger partial charge is 0.0526 e. The predicted molar refractivity (Wildman–Crippen MR) is 61.8 cm³/mol. The Morgan fingerprint density at radius 2 is 1.94 bits per heavy atom. The van der Waals surface area contributed by atoms with E-state index >= 15 is 0 Å². The SMILES string of the molecule is C1=CC2CC1C1C3CC(C21)C1(CCOC1)C3. The van der Waals surface area contributed by atoms with Gasteiger partial charge in [0, 0.05) is 6.61 Å². The van der Waals surface area contributed by atoms with Gasteiger partial charge in [0.1, 0.15) is 0 Å². The van der Waals surface area contributed by atoms with Crippen LogP contribution in [0.5, 0.6) is 0 Å². The van der Waals surface area contributed by atoms with Crippen LogP contribution in [0.2, 0.25) is 0 Å². The zero-order chi connectivity index (χ0) is 10.3. The van der Waals surface area contributed by atoms with E-state index in [1.54, 1.807) is 6.42 Å². The van der Waals surface area contributed by atoms with Crippen LogP contribution in [-0.2, 0) is 4.74 Å². The summed E-state index contributed by atoms with van der Waals surface area (Å²) in [6, 6.07) is 0. The molecule has 1 heteroatoms. The van der Waals surface area contributed by atoms with Crippen molar-refractivity contribution >= 4 is 0 Å². The normalized spacial score (nSPS) is 65.0. The number of hydrogen-bond donors (Lipinski definition) is 0.